The maximum atomic E-state index is 11.0. The Balaban J connectivity index is 2.46. The zero-order chi connectivity index (χ0) is 11.5. The fourth-order valence-electron chi connectivity index (χ4n) is 1.63. The van der Waals surface area contributed by atoms with Gasteiger partial charge in [-0.25, -0.2) is 0 Å². The number of para-hydroxylation sites is 1. The normalized spacial score (nSPS) is 16.3. The Hall–Kier alpha value is -1.66. The van der Waals surface area contributed by atoms with Crippen LogP contribution in [0.5, 0.6) is 5.75 Å². The third kappa shape index (κ3) is 1.84. The molecule has 0 saturated carbocycles. The number of hydrogen-bond donors (Lipinski definition) is 0. The van der Waals surface area contributed by atoms with Crippen molar-refractivity contribution < 1.29 is 19.1 Å². The van der Waals surface area contributed by atoms with Crippen LogP contribution < -0.4 is 4.74 Å². The molecule has 6 heteroatoms. The minimum Gasteiger partial charge on any atom is -0.490 e. The van der Waals surface area contributed by atoms with E-state index in [1.165, 1.54) is 13.2 Å². The van der Waals surface area contributed by atoms with Crippen LogP contribution in [0.1, 0.15) is 11.9 Å². The van der Waals surface area contributed by atoms with Gasteiger partial charge in [-0.2, -0.15) is 0 Å². The third-order valence-corrected chi connectivity index (χ3v) is 2.31. The van der Waals surface area contributed by atoms with Crippen molar-refractivity contribution in [2.24, 2.45) is 0 Å². The fraction of sp³-hybridized carbons (Fsp3) is 0.400. The van der Waals surface area contributed by atoms with Gasteiger partial charge in [0.05, 0.1) is 30.8 Å². The van der Waals surface area contributed by atoms with Crippen LogP contribution >= 0.6 is 0 Å². The van der Waals surface area contributed by atoms with Crippen LogP contribution in [0, 0.1) is 10.1 Å². The summed E-state index contributed by atoms with van der Waals surface area (Å²) in [4.78, 5) is 10.5. The summed E-state index contributed by atoms with van der Waals surface area (Å²) in [6.45, 7) is 0.887. The first-order valence-corrected chi connectivity index (χ1v) is 4.78. The fourth-order valence-corrected chi connectivity index (χ4v) is 1.63. The summed E-state index contributed by atoms with van der Waals surface area (Å²) in [5.74, 6) is 0.210. The number of methoxy groups -OCH3 is 1. The second-order valence-electron chi connectivity index (χ2n) is 3.23. The number of rotatable bonds is 3. The van der Waals surface area contributed by atoms with Gasteiger partial charge in [-0.3, -0.25) is 10.1 Å². The molecule has 0 atom stereocenters. The molecule has 0 aromatic heterocycles. The summed E-state index contributed by atoms with van der Waals surface area (Å²) in [6, 6.07) is 4.82. The standard InChI is InChI=1S/C10H11NO5/c1-14-8-4-2-3-7(9(8)11(12)13)10-15-5-6-16-10/h2-4,10H,5-6H2,1H3. The van der Waals surface area contributed by atoms with E-state index in [4.69, 9.17) is 14.2 Å². The summed E-state index contributed by atoms with van der Waals surface area (Å²) in [7, 11) is 1.39. The van der Waals surface area contributed by atoms with E-state index in [2.05, 4.69) is 0 Å². The lowest BCUT2D eigenvalue weighted by atomic mass is 10.1. The zero-order valence-electron chi connectivity index (χ0n) is 8.71. The highest BCUT2D eigenvalue weighted by molar-refractivity contribution is 5.53. The molecule has 1 aliphatic rings. The molecular weight excluding hydrogens is 214 g/mol. The largest absolute Gasteiger partial charge is 0.490 e. The highest BCUT2D eigenvalue weighted by Crippen LogP contribution is 2.37. The van der Waals surface area contributed by atoms with Gasteiger partial charge in [0, 0.05) is 0 Å². The topological polar surface area (TPSA) is 70.8 Å². The van der Waals surface area contributed by atoms with E-state index in [1.807, 2.05) is 0 Å². The number of nitrogens with zero attached hydrogens (tertiary/aromatic N) is 1. The Morgan fingerprint density at radius 3 is 2.69 bits per heavy atom. The van der Waals surface area contributed by atoms with E-state index in [-0.39, 0.29) is 11.4 Å². The quantitative estimate of drug-likeness (QED) is 0.577. The molecule has 1 aliphatic heterocycles. The van der Waals surface area contributed by atoms with Gasteiger partial charge in [0.25, 0.3) is 0 Å². The molecule has 1 saturated heterocycles. The summed E-state index contributed by atoms with van der Waals surface area (Å²) in [5, 5.41) is 11.0. The SMILES string of the molecule is COc1cccc(C2OCCO2)c1[N+](=O)[O-]. The van der Waals surface area contributed by atoms with E-state index in [0.29, 0.717) is 18.8 Å². The van der Waals surface area contributed by atoms with Crippen LogP contribution in [0.15, 0.2) is 18.2 Å². The molecule has 1 fully saturated rings. The molecule has 0 radical (unpaired) electrons. The van der Waals surface area contributed by atoms with Gasteiger partial charge in [0.2, 0.25) is 0 Å². The van der Waals surface area contributed by atoms with Crippen molar-refractivity contribution in [3.8, 4) is 5.75 Å². The van der Waals surface area contributed by atoms with E-state index in [9.17, 15) is 10.1 Å². The van der Waals surface area contributed by atoms with Gasteiger partial charge in [-0.15, -0.1) is 0 Å². The Morgan fingerprint density at radius 2 is 2.12 bits per heavy atom. The smallest absolute Gasteiger partial charge is 0.319 e. The maximum Gasteiger partial charge on any atom is 0.319 e. The van der Waals surface area contributed by atoms with Crippen LogP contribution in [0.3, 0.4) is 0 Å². The molecular formula is C10H11NO5. The molecule has 0 aliphatic carbocycles. The molecule has 0 unspecified atom stereocenters. The van der Waals surface area contributed by atoms with Crippen molar-refractivity contribution >= 4 is 5.69 Å². The number of hydrogen-bond acceptors (Lipinski definition) is 5. The number of ether oxygens (including phenoxy) is 3. The lowest BCUT2D eigenvalue weighted by Crippen LogP contribution is -2.04. The first-order chi connectivity index (χ1) is 7.74. The molecule has 0 bridgehead atoms. The summed E-state index contributed by atoms with van der Waals surface area (Å²) in [6.07, 6.45) is -0.671. The predicted molar refractivity (Wildman–Crippen MR) is 54.3 cm³/mol. The maximum absolute atomic E-state index is 11.0. The Labute approximate surface area is 91.9 Å². The van der Waals surface area contributed by atoms with Crippen LogP contribution in [-0.4, -0.2) is 25.2 Å². The molecule has 0 N–H and O–H groups in total. The van der Waals surface area contributed by atoms with Crippen molar-refractivity contribution in [3.05, 3.63) is 33.9 Å². The van der Waals surface area contributed by atoms with Gasteiger partial charge in [0.15, 0.2) is 12.0 Å². The van der Waals surface area contributed by atoms with Crippen molar-refractivity contribution in [2.45, 2.75) is 6.29 Å². The number of nitro groups is 1. The molecule has 1 heterocycles. The molecule has 0 amide bonds. The summed E-state index contributed by atoms with van der Waals surface area (Å²) < 4.78 is 15.4. The molecule has 1 aromatic rings. The van der Waals surface area contributed by atoms with Crippen molar-refractivity contribution in [1.29, 1.82) is 0 Å². The second kappa shape index (κ2) is 4.46. The van der Waals surface area contributed by atoms with Crippen LogP contribution in [0.25, 0.3) is 0 Å². The van der Waals surface area contributed by atoms with Crippen LogP contribution in [0.2, 0.25) is 0 Å². The van der Waals surface area contributed by atoms with Gasteiger partial charge >= 0.3 is 5.69 Å². The Morgan fingerprint density at radius 1 is 1.44 bits per heavy atom. The first kappa shape index (κ1) is 10.8. The molecule has 0 spiro atoms. The highest BCUT2D eigenvalue weighted by atomic mass is 16.7. The monoisotopic (exact) mass is 225 g/mol. The predicted octanol–water partition coefficient (Wildman–Crippen LogP) is 1.65. The second-order valence-corrected chi connectivity index (χ2v) is 3.23. The highest BCUT2D eigenvalue weighted by Gasteiger charge is 2.29. The Kier molecular flexibility index (Phi) is 3.02. The third-order valence-electron chi connectivity index (χ3n) is 2.31. The van der Waals surface area contributed by atoms with Gasteiger partial charge < -0.3 is 14.2 Å². The van der Waals surface area contributed by atoms with Crippen molar-refractivity contribution in [2.75, 3.05) is 20.3 Å². The van der Waals surface area contributed by atoms with Crippen molar-refractivity contribution in [1.82, 2.24) is 0 Å². The van der Waals surface area contributed by atoms with E-state index in [1.54, 1.807) is 12.1 Å². The zero-order valence-corrected chi connectivity index (χ0v) is 8.71. The molecule has 16 heavy (non-hydrogen) atoms. The lowest BCUT2D eigenvalue weighted by Gasteiger charge is -2.11. The molecule has 2 rings (SSSR count). The van der Waals surface area contributed by atoms with E-state index >= 15 is 0 Å². The molecule has 86 valence electrons. The van der Waals surface area contributed by atoms with Gasteiger partial charge in [-0.05, 0) is 12.1 Å². The minimum absolute atomic E-state index is 0.100. The molecule has 6 nitrogen and oxygen atoms in total. The first-order valence-electron chi connectivity index (χ1n) is 4.78. The molecule has 1 aromatic carbocycles. The van der Waals surface area contributed by atoms with E-state index in [0.717, 1.165) is 0 Å². The van der Waals surface area contributed by atoms with E-state index < -0.39 is 11.2 Å². The average molecular weight is 225 g/mol. The number of benzene rings is 1. The van der Waals surface area contributed by atoms with Gasteiger partial charge in [-0.1, -0.05) is 6.07 Å². The summed E-state index contributed by atoms with van der Waals surface area (Å²) >= 11 is 0. The summed E-state index contributed by atoms with van der Waals surface area (Å²) in [5.41, 5.74) is 0.291. The van der Waals surface area contributed by atoms with Crippen molar-refractivity contribution in [3.63, 3.8) is 0 Å². The Bertz CT molecular complexity index is 400. The lowest BCUT2D eigenvalue weighted by molar-refractivity contribution is -0.387. The van der Waals surface area contributed by atoms with Crippen LogP contribution in [-0.2, 0) is 9.47 Å². The number of nitro benzene ring substituents is 1. The average Bonchev–Trinajstić information content (AvgIpc) is 2.81. The van der Waals surface area contributed by atoms with Gasteiger partial charge in [0.1, 0.15) is 0 Å². The minimum atomic E-state index is -0.671. The van der Waals surface area contributed by atoms with Crippen LogP contribution in [0.4, 0.5) is 5.69 Å².